The smallest absolute Gasteiger partial charge is 0.326 e. The Morgan fingerprint density at radius 3 is 2.55 bits per heavy atom. The third-order valence-electron chi connectivity index (χ3n) is 2.73. The van der Waals surface area contributed by atoms with Crippen molar-refractivity contribution in [1.29, 1.82) is 0 Å². The van der Waals surface area contributed by atoms with E-state index in [4.69, 9.17) is 5.11 Å². The van der Waals surface area contributed by atoms with Gasteiger partial charge >= 0.3 is 5.97 Å². The number of aryl methyl sites for hydroxylation is 1. The summed E-state index contributed by atoms with van der Waals surface area (Å²) in [5.74, 6) is -0.700. The Labute approximate surface area is 123 Å². The molecule has 1 amide bonds. The fourth-order valence-electron chi connectivity index (χ4n) is 1.56. The number of hydrogen-bond acceptors (Lipinski definition) is 3. The summed E-state index contributed by atoms with van der Waals surface area (Å²) in [6, 6.07) is 6.88. The van der Waals surface area contributed by atoms with Gasteiger partial charge in [-0.1, -0.05) is 29.8 Å². The highest BCUT2D eigenvalue weighted by atomic mass is 32.2. The van der Waals surface area contributed by atoms with Crippen molar-refractivity contribution >= 4 is 29.7 Å². The minimum Gasteiger partial charge on any atom is -0.480 e. The van der Waals surface area contributed by atoms with Crippen LogP contribution in [0.5, 0.6) is 0 Å². The quantitative estimate of drug-likeness (QED) is 0.757. The monoisotopic (exact) mass is 293 g/mol. The zero-order chi connectivity index (χ0) is 15.0. The van der Waals surface area contributed by atoms with Gasteiger partial charge < -0.3 is 10.4 Å². The number of benzene rings is 1. The minimum atomic E-state index is -1.00. The Morgan fingerprint density at radius 1 is 1.35 bits per heavy atom. The number of aliphatic carboxylic acids is 1. The summed E-state index contributed by atoms with van der Waals surface area (Å²) in [5.41, 5.74) is 2.05. The first-order valence-electron chi connectivity index (χ1n) is 6.30. The van der Waals surface area contributed by atoms with Gasteiger partial charge in [-0.15, -0.1) is 0 Å². The Hall–Kier alpha value is -1.75. The maximum Gasteiger partial charge on any atom is 0.326 e. The van der Waals surface area contributed by atoms with Gasteiger partial charge in [0, 0.05) is 6.08 Å². The molecule has 1 atom stereocenters. The van der Waals surface area contributed by atoms with Gasteiger partial charge in [0.15, 0.2) is 0 Å². The van der Waals surface area contributed by atoms with Crippen molar-refractivity contribution in [3.8, 4) is 0 Å². The highest BCUT2D eigenvalue weighted by molar-refractivity contribution is 7.98. The molecule has 4 nitrogen and oxygen atoms in total. The number of rotatable bonds is 7. The van der Waals surface area contributed by atoms with Crippen molar-refractivity contribution in [2.24, 2.45) is 0 Å². The summed E-state index contributed by atoms with van der Waals surface area (Å²) in [5, 5.41) is 11.5. The van der Waals surface area contributed by atoms with Crippen LogP contribution in [0.1, 0.15) is 17.5 Å². The number of carbonyl (C=O) groups excluding carboxylic acids is 1. The van der Waals surface area contributed by atoms with Crippen LogP contribution in [0.2, 0.25) is 0 Å². The Balaban J connectivity index is 2.56. The zero-order valence-electron chi connectivity index (χ0n) is 11.6. The van der Waals surface area contributed by atoms with Gasteiger partial charge in [0.25, 0.3) is 0 Å². The van der Waals surface area contributed by atoms with E-state index in [2.05, 4.69) is 5.32 Å². The Bertz CT molecular complexity index is 482. The number of amides is 1. The van der Waals surface area contributed by atoms with Gasteiger partial charge in [0.2, 0.25) is 5.91 Å². The van der Waals surface area contributed by atoms with E-state index < -0.39 is 12.0 Å². The lowest BCUT2D eigenvalue weighted by atomic mass is 10.1. The van der Waals surface area contributed by atoms with Crippen LogP contribution in [0.4, 0.5) is 0 Å². The lowest BCUT2D eigenvalue weighted by molar-refractivity contribution is -0.141. The van der Waals surface area contributed by atoms with E-state index in [0.717, 1.165) is 11.1 Å². The molecule has 20 heavy (non-hydrogen) atoms. The van der Waals surface area contributed by atoms with Crippen LogP contribution in [0.25, 0.3) is 6.08 Å². The molecule has 108 valence electrons. The normalized spacial score (nSPS) is 12.3. The highest BCUT2D eigenvalue weighted by Gasteiger charge is 2.17. The topological polar surface area (TPSA) is 66.4 Å². The number of nitrogens with one attached hydrogen (secondary N) is 1. The average Bonchev–Trinajstić information content (AvgIpc) is 2.42. The molecule has 0 aliphatic heterocycles. The molecule has 1 rings (SSSR count). The largest absolute Gasteiger partial charge is 0.480 e. The Morgan fingerprint density at radius 2 is 2.00 bits per heavy atom. The maximum atomic E-state index is 11.7. The van der Waals surface area contributed by atoms with E-state index in [9.17, 15) is 9.59 Å². The molecule has 0 aliphatic rings. The molecule has 0 fully saturated rings. The molecule has 0 unspecified atom stereocenters. The third kappa shape index (κ3) is 5.93. The number of carbonyl (C=O) groups is 2. The van der Waals surface area contributed by atoms with E-state index in [1.54, 1.807) is 17.8 Å². The molecule has 0 radical (unpaired) electrons. The Kier molecular flexibility index (Phi) is 6.87. The number of carboxylic acid groups (broad SMARTS) is 1. The second-order valence-electron chi connectivity index (χ2n) is 4.42. The summed E-state index contributed by atoms with van der Waals surface area (Å²) >= 11 is 1.55. The van der Waals surface area contributed by atoms with Crippen LogP contribution in [-0.2, 0) is 9.59 Å². The van der Waals surface area contributed by atoms with Gasteiger partial charge in [-0.05, 0) is 37.0 Å². The predicted octanol–water partition coefficient (Wildman–Crippen LogP) is 2.33. The first-order valence-corrected chi connectivity index (χ1v) is 7.69. The van der Waals surface area contributed by atoms with Gasteiger partial charge in [0.1, 0.15) is 6.04 Å². The fraction of sp³-hybridized carbons (Fsp3) is 0.333. The number of thioether (sulfide) groups is 1. The molecular formula is C15H19NO3S. The SMILES string of the molecule is CSCC[C@@H](NC(=O)/C=C/c1ccc(C)cc1)C(=O)O. The average molecular weight is 293 g/mol. The second kappa shape index (κ2) is 8.43. The number of hydrogen-bond donors (Lipinski definition) is 2. The standard InChI is InChI=1S/C15H19NO3S/c1-11-3-5-12(6-4-11)7-8-14(17)16-13(15(18)19)9-10-20-2/h3-8,13H,9-10H2,1-2H3,(H,16,17)(H,18,19)/b8-7+/t13-/m1/s1. The summed E-state index contributed by atoms with van der Waals surface area (Å²) in [4.78, 5) is 22.7. The van der Waals surface area contributed by atoms with Crippen molar-refractivity contribution in [2.45, 2.75) is 19.4 Å². The molecule has 0 bridgehead atoms. The van der Waals surface area contributed by atoms with Crippen LogP contribution in [0.15, 0.2) is 30.3 Å². The first-order chi connectivity index (χ1) is 9.52. The number of carboxylic acids is 1. The molecule has 0 aromatic heterocycles. The maximum absolute atomic E-state index is 11.7. The van der Waals surface area contributed by atoms with E-state index in [0.29, 0.717) is 12.2 Å². The van der Waals surface area contributed by atoms with E-state index in [1.165, 1.54) is 6.08 Å². The molecule has 0 spiro atoms. The molecule has 1 aromatic carbocycles. The third-order valence-corrected chi connectivity index (χ3v) is 3.37. The van der Waals surface area contributed by atoms with Gasteiger partial charge in [0.05, 0.1) is 0 Å². The molecule has 5 heteroatoms. The van der Waals surface area contributed by atoms with Crippen LogP contribution >= 0.6 is 11.8 Å². The molecule has 1 aromatic rings. The summed E-state index contributed by atoms with van der Waals surface area (Å²) in [7, 11) is 0. The summed E-state index contributed by atoms with van der Waals surface area (Å²) < 4.78 is 0. The van der Waals surface area contributed by atoms with Gasteiger partial charge in [-0.3, -0.25) is 4.79 Å². The zero-order valence-corrected chi connectivity index (χ0v) is 12.4. The molecule has 0 heterocycles. The lowest BCUT2D eigenvalue weighted by Gasteiger charge is -2.12. The molecule has 0 saturated carbocycles. The fourth-order valence-corrected chi connectivity index (χ4v) is 2.03. The van der Waals surface area contributed by atoms with E-state index in [-0.39, 0.29) is 5.91 Å². The molecule has 2 N–H and O–H groups in total. The highest BCUT2D eigenvalue weighted by Crippen LogP contribution is 2.05. The molecular weight excluding hydrogens is 274 g/mol. The van der Waals surface area contributed by atoms with E-state index in [1.807, 2.05) is 37.4 Å². The van der Waals surface area contributed by atoms with Crippen molar-refractivity contribution in [3.05, 3.63) is 41.5 Å². The second-order valence-corrected chi connectivity index (χ2v) is 5.41. The van der Waals surface area contributed by atoms with Gasteiger partial charge in [-0.2, -0.15) is 11.8 Å². The van der Waals surface area contributed by atoms with Crippen molar-refractivity contribution in [3.63, 3.8) is 0 Å². The van der Waals surface area contributed by atoms with Crippen molar-refractivity contribution in [2.75, 3.05) is 12.0 Å². The van der Waals surface area contributed by atoms with Gasteiger partial charge in [-0.25, -0.2) is 4.79 Å². The lowest BCUT2D eigenvalue weighted by Crippen LogP contribution is -2.40. The van der Waals surface area contributed by atoms with Crippen molar-refractivity contribution < 1.29 is 14.7 Å². The molecule has 0 aliphatic carbocycles. The van der Waals surface area contributed by atoms with Crippen LogP contribution < -0.4 is 5.32 Å². The summed E-state index contributed by atoms with van der Waals surface area (Å²) in [6.45, 7) is 1.99. The first kappa shape index (κ1) is 16.3. The van der Waals surface area contributed by atoms with Crippen LogP contribution in [0.3, 0.4) is 0 Å². The minimum absolute atomic E-state index is 0.390. The van der Waals surface area contributed by atoms with Crippen LogP contribution in [0, 0.1) is 6.92 Å². The van der Waals surface area contributed by atoms with Crippen LogP contribution in [-0.4, -0.2) is 35.0 Å². The van der Waals surface area contributed by atoms with E-state index >= 15 is 0 Å². The molecule has 0 saturated heterocycles. The van der Waals surface area contributed by atoms with Crippen molar-refractivity contribution in [1.82, 2.24) is 5.32 Å². The summed E-state index contributed by atoms with van der Waals surface area (Å²) in [6.07, 6.45) is 5.35. The predicted molar refractivity (Wildman–Crippen MR) is 82.8 cm³/mol.